The predicted molar refractivity (Wildman–Crippen MR) is 74.2 cm³/mol. The SMILES string of the molecule is Nc1cn(C2CCCCC2)nc1-c1cccc(F)c1. The first-order chi connectivity index (χ1) is 9.24. The molecule has 4 heteroatoms. The highest BCUT2D eigenvalue weighted by molar-refractivity contribution is 5.71. The van der Waals surface area contributed by atoms with Crippen LogP contribution in [0.15, 0.2) is 30.5 Å². The van der Waals surface area contributed by atoms with Crippen molar-refractivity contribution in [2.75, 3.05) is 5.73 Å². The van der Waals surface area contributed by atoms with Crippen LogP contribution in [0.1, 0.15) is 38.1 Å². The van der Waals surface area contributed by atoms with Crippen LogP contribution in [-0.2, 0) is 0 Å². The Balaban J connectivity index is 1.92. The Morgan fingerprint density at radius 2 is 2.00 bits per heavy atom. The average Bonchev–Trinajstić information content (AvgIpc) is 2.82. The fourth-order valence-electron chi connectivity index (χ4n) is 2.80. The number of benzene rings is 1. The van der Waals surface area contributed by atoms with E-state index in [1.165, 1.54) is 31.4 Å². The molecule has 0 amide bonds. The summed E-state index contributed by atoms with van der Waals surface area (Å²) < 4.78 is 15.2. The number of nitrogens with two attached hydrogens (primary N) is 1. The number of hydrogen-bond acceptors (Lipinski definition) is 2. The first kappa shape index (κ1) is 12.2. The molecule has 1 aromatic carbocycles. The molecule has 0 saturated heterocycles. The fraction of sp³-hybridized carbons (Fsp3) is 0.400. The van der Waals surface area contributed by atoms with E-state index in [-0.39, 0.29) is 5.82 Å². The van der Waals surface area contributed by atoms with Gasteiger partial charge in [0.2, 0.25) is 0 Å². The quantitative estimate of drug-likeness (QED) is 0.892. The van der Waals surface area contributed by atoms with Gasteiger partial charge in [-0.15, -0.1) is 0 Å². The summed E-state index contributed by atoms with van der Waals surface area (Å²) in [6, 6.07) is 6.87. The number of nitrogen functional groups attached to an aromatic ring is 1. The largest absolute Gasteiger partial charge is 0.396 e. The van der Waals surface area contributed by atoms with Crippen molar-refractivity contribution in [3.8, 4) is 11.3 Å². The van der Waals surface area contributed by atoms with Gasteiger partial charge >= 0.3 is 0 Å². The molecule has 100 valence electrons. The smallest absolute Gasteiger partial charge is 0.123 e. The van der Waals surface area contributed by atoms with E-state index in [9.17, 15) is 4.39 Å². The molecule has 1 saturated carbocycles. The lowest BCUT2D eigenvalue weighted by Gasteiger charge is -2.21. The second kappa shape index (κ2) is 5.03. The molecule has 19 heavy (non-hydrogen) atoms. The van der Waals surface area contributed by atoms with Crippen LogP contribution in [0.2, 0.25) is 0 Å². The average molecular weight is 259 g/mol. The van der Waals surface area contributed by atoms with Crippen molar-refractivity contribution < 1.29 is 4.39 Å². The lowest BCUT2D eigenvalue weighted by Crippen LogP contribution is -2.13. The Hall–Kier alpha value is -1.84. The molecule has 0 spiro atoms. The zero-order valence-corrected chi connectivity index (χ0v) is 10.8. The standard InChI is InChI=1S/C15H18FN3/c16-12-6-4-5-11(9-12)15-14(17)10-19(18-15)13-7-2-1-3-8-13/h4-6,9-10,13H,1-3,7-8,17H2. The maximum atomic E-state index is 13.3. The van der Waals surface area contributed by atoms with Gasteiger partial charge in [0.1, 0.15) is 11.5 Å². The summed E-state index contributed by atoms with van der Waals surface area (Å²) in [6.45, 7) is 0. The molecule has 0 unspecified atom stereocenters. The summed E-state index contributed by atoms with van der Waals surface area (Å²) in [5.41, 5.74) is 8.07. The molecule has 3 rings (SSSR count). The van der Waals surface area contributed by atoms with Gasteiger partial charge in [-0.1, -0.05) is 31.4 Å². The summed E-state index contributed by atoms with van der Waals surface area (Å²) >= 11 is 0. The van der Waals surface area contributed by atoms with Gasteiger partial charge in [-0.2, -0.15) is 5.10 Å². The second-order valence-corrected chi connectivity index (χ2v) is 5.22. The van der Waals surface area contributed by atoms with E-state index in [0.29, 0.717) is 17.4 Å². The van der Waals surface area contributed by atoms with E-state index in [4.69, 9.17) is 5.73 Å². The number of aromatic nitrogens is 2. The summed E-state index contributed by atoms with van der Waals surface area (Å²) in [4.78, 5) is 0. The van der Waals surface area contributed by atoms with Gasteiger partial charge in [0.05, 0.1) is 11.7 Å². The van der Waals surface area contributed by atoms with Crippen LogP contribution in [0.5, 0.6) is 0 Å². The minimum absolute atomic E-state index is 0.260. The second-order valence-electron chi connectivity index (χ2n) is 5.22. The van der Waals surface area contributed by atoms with Crippen molar-refractivity contribution in [3.63, 3.8) is 0 Å². The first-order valence-electron chi connectivity index (χ1n) is 6.84. The van der Waals surface area contributed by atoms with Gasteiger partial charge in [-0.3, -0.25) is 4.68 Å². The van der Waals surface area contributed by atoms with Gasteiger partial charge < -0.3 is 5.73 Å². The lowest BCUT2D eigenvalue weighted by atomic mass is 9.96. The molecule has 1 heterocycles. The maximum Gasteiger partial charge on any atom is 0.123 e. The summed E-state index contributed by atoms with van der Waals surface area (Å²) in [5.74, 6) is -0.260. The highest BCUT2D eigenvalue weighted by atomic mass is 19.1. The molecule has 2 aromatic rings. The molecule has 2 N–H and O–H groups in total. The van der Waals surface area contributed by atoms with Crippen molar-refractivity contribution in [3.05, 3.63) is 36.3 Å². The summed E-state index contributed by atoms with van der Waals surface area (Å²) in [7, 11) is 0. The number of nitrogens with zero attached hydrogens (tertiary/aromatic N) is 2. The fourth-order valence-corrected chi connectivity index (χ4v) is 2.80. The lowest BCUT2D eigenvalue weighted by molar-refractivity contribution is 0.330. The molecule has 1 aliphatic rings. The van der Waals surface area contributed by atoms with Crippen molar-refractivity contribution in [2.45, 2.75) is 38.1 Å². The monoisotopic (exact) mass is 259 g/mol. The van der Waals surface area contributed by atoms with E-state index >= 15 is 0 Å². The number of halogens is 1. The highest BCUT2D eigenvalue weighted by Gasteiger charge is 2.18. The Morgan fingerprint density at radius 1 is 1.21 bits per heavy atom. The van der Waals surface area contributed by atoms with E-state index in [2.05, 4.69) is 5.10 Å². The van der Waals surface area contributed by atoms with Gasteiger partial charge in [0, 0.05) is 11.8 Å². The Bertz CT molecular complexity index is 571. The van der Waals surface area contributed by atoms with Crippen molar-refractivity contribution >= 4 is 5.69 Å². The Morgan fingerprint density at radius 3 is 2.74 bits per heavy atom. The summed E-state index contributed by atoms with van der Waals surface area (Å²) in [5, 5.41) is 4.57. The molecule has 1 aliphatic carbocycles. The molecule has 0 radical (unpaired) electrons. The third kappa shape index (κ3) is 2.48. The first-order valence-corrected chi connectivity index (χ1v) is 6.84. The third-order valence-electron chi connectivity index (χ3n) is 3.81. The van der Waals surface area contributed by atoms with Crippen LogP contribution in [0.3, 0.4) is 0 Å². The molecule has 0 aliphatic heterocycles. The molecular weight excluding hydrogens is 241 g/mol. The predicted octanol–water partition coefficient (Wildman–Crippen LogP) is 3.78. The zero-order chi connectivity index (χ0) is 13.2. The molecule has 0 atom stereocenters. The molecule has 1 fully saturated rings. The van der Waals surface area contributed by atoms with E-state index in [0.717, 1.165) is 18.4 Å². The van der Waals surface area contributed by atoms with Crippen LogP contribution in [0, 0.1) is 5.82 Å². The minimum atomic E-state index is -0.260. The van der Waals surface area contributed by atoms with Crippen molar-refractivity contribution in [1.82, 2.24) is 9.78 Å². The number of anilines is 1. The Labute approximate surface area is 112 Å². The zero-order valence-electron chi connectivity index (χ0n) is 10.8. The van der Waals surface area contributed by atoms with Gasteiger partial charge in [-0.25, -0.2) is 4.39 Å². The third-order valence-corrected chi connectivity index (χ3v) is 3.81. The minimum Gasteiger partial charge on any atom is -0.396 e. The van der Waals surface area contributed by atoms with E-state index < -0.39 is 0 Å². The molecule has 1 aromatic heterocycles. The van der Waals surface area contributed by atoms with E-state index in [1.807, 2.05) is 16.9 Å². The van der Waals surface area contributed by atoms with Gasteiger partial charge in [0.25, 0.3) is 0 Å². The van der Waals surface area contributed by atoms with E-state index in [1.54, 1.807) is 6.07 Å². The van der Waals surface area contributed by atoms with Crippen LogP contribution in [0.4, 0.5) is 10.1 Å². The highest BCUT2D eigenvalue weighted by Crippen LogP contribution is 2.31. The molecule has 0 bridgehead atoms. The maximum absolute atomic E-state index is 13.3. The molecule has 3 nitrogen and oxygen atoms in total. The van der Waals surface area contributed by atoms with Gasteiger partial charge in [-0.05, 0) is 25.0 Å². The topological polar surface area (TPSA) is 43.8 Å². The summed E-state index contributed by atoms with van der Waals surface area (Å²) in [6.07, 6.45) is 8.01. The number of hydrogen-bond donors (Lipinski definition) is 1. The number of rotatable bonds is 2. The van der Waals surface area contributed by atoms with Crippen molar-refractivity contribution in [1.29, 1.82) is 0 Å². The van der Waals surface area contributed by atoms with Crippen LogP contribution < -0.4 is 5.73 Å². The normalized spacial score (nSPS) is 16.7. The van der Waals surface area contributed by atoms with Crippen LogP contribution in [-0.4, -0.2) is 9.78 Å². The van der Waals surface area contributed by atoms with Gasteiger partial charge in [0.15, 0.2) is 0 Å². The van der Waals surface area contributed by atoms with Crippen LogP contribution in [0.25, 0.3) is 11.3 Å². The van der Waals surface area contributed by atoms with Crippen molar-refractivity contribution in [2.24, 2.45) is 0 Å². The Kier molecular flexibility index (Phi) is 3.23. The van der Waals surface area contributed by atoms with Crippen LogP contribution >= 0.6 is 0 Å². The molecular formula is C15H18FN3.